The van der Waals surface area contributed by atoms with Crippen molar-refractivity contribution in [1.29, 1.82) is 0 Å². The van der Waals surface area contributed by atoms with E-state index in [1.54, 1.807) is 5.71 Å². The van der Waals surface area contributed by atoms with Crippen LogP contribution < -0.4 is 0 Å². The van der Waals surface area contributed by atoms with Crippen molar-refractivity contribution < 1.29 is 4.58 Å². The highest BCUT2D eigenvalue weighted by Crippen LogP contribution is 2.30. The molecule has 0 fully saturated rings. The molecule has 0 amide bonds. The quantitative estimate of drug-likeness (QED) is 0.691. The lowest BCUT2D eigenvalue weighted by atomic mass is 9.89. The fraction of sp³-hybridized carbons (Fsp3) is 0.538. The maximum atomic E-state index is 4.34. The summed E-state index contributed by atoms with van der Waals surface area (Å²) in [4.78, 5) is 0. The van der Waals surface area contributed by atoms with Gasteiger partial charge in [0, 0.05) is 24.9 Å². The number of allylic oxidation sites excluding steroid dienone is 2. The second-order valence-corrected chi connectivity index (χ2v) is 4.64. The molecule has 1 aliphatic carbocycles. The molecule has 1 aromatic heterocycles. The molecule has 2 atom stereocenters. The fourth-order valence-electron chi connectivity index (χ4n) is 2.92. The van der Waals surface area contributed by atoms with Crippen molar-refractivity contribution in [2.45, 2.75) is 25.8 Å². The maximum Gasteiger partial charge on any atom is 0.179 e. The summed E-state index contributed by atoms with van der Waals surface area (Å²) in [6.07, 6.45) is 11.1. The molecule has 0 saturated carbocycles. The molecule has 2 aliphatic rings. The molecule has 3 rings (SSSR count). The average Bonchev–Trinajstić information content (AvgIpc) is 2.97. The number of hydrogen-bond acceptors (Lipinski definition) is 1. The van der Waals surface area contributed by atoms with Crippen LogP contribution in [-0.4, -0.2) is 33.2 Å². The lowest BCUT2D eigenvalue weighted by molar-refractivity contribution is -0.515. The minimum atomic E-state index is 0.459. The van der Waals surface area contributed by atoms with E-state index in [-0.39, 0.29) is 0 Å². The van der Waals surface area contributed by atoms with Gasteiger partial charge in [-0.1, -0.05) is 6.08 Å². The topological polar surface area (TPSA) is 20.8 Å². The van der Waals surface area contributed by atoms with Crippen LogP contribution in [0.3, 0.4) is 0 Å². The van der Waals surface area contributed by atoms with Gasteiger partial charge in [-0.15, -0.1) is 0 Å². The Kier molecular flexibility index (Phi) is 2.39. The molecule has 0 aromatic carbocycles. The van der Waals surface area contributed by atoms with Gasteiger partial charge < -0.3 is 0 Å². The number of aromatic nitrogens is 2. The van der Waals surface area contributed by atoms with Crippen LogP contribution in [0.25, 0.3) is 0 Å². The fourth-order valence-corrected chi connectivity index (χ4v) is 2.92. The van der Waals surface area contributed by atoms with Gasteiger partial charge in [0.15, 0.2) is 5.71 Å². The van der Waals surface area contributed by atoms with E-state index < -0.39 is 0 Å². The van der Waals surface area contributed by atoms with Crippen molar-refractivity contribution in [3.8, 4) is 0 Å². The lowest BCUT2D eigenvalue weighted by Crippen LogP contribution is -2.24. The summed E-state index contributed by atoms with van der Waals surface area (Å²) in [6.45, 7) is 4.61. The predicted octanol–water partition coefficient (Wildman–Crippen LogP) is 1.88. The molecule has 16 heavy (non-hydrogen) atoms. The van der Waals surface area contributed by atoms with Crippen LogP contribution in [0, 0.1) is 5.92 Å². The molecular weight excluding hydrogens is 198 g/mol. The van der Waals surface area contributed by atoms with Crippen molar-refractivity contribution in [2.24, 2.45) is 5.92 Å². The average molecular weight is 216 g/mol. The first-order valence-corrected chi connectivity index (χ1v) is 6.17. The minimum Gasteiger partial charge on any atom is -0.266 e. The molecule has 84 valence electrons. The molecule has 1 aromatic rings. The van der Waals surface area contributed by atoms with E-state index in [9.17, 15) is 0 Å². The van der Waals surface area contributed by atoms with Gasteiger partial charge >= 0.3 is 0 Å². The highest BCUT2D eigenvalue weighted by Gasteiger charge is 2.35. The van der Waals surface area contributed by atoms with E-state index >= 15 is 0 Å². The number of fused-ring (bicyclic) bond motifs is 1. The van der Waals surface area contributed by atoms with E-state index in [1.165, 1.54) is 19.4 Å². The zero-order valence-corrected chi connectivity index (χ0v) is 9.71. The summed E-state index contributed by atoms with van der Waals surface area (Å²) in [7, 11) is 0. The van der Waals surface area contributed by atoms with Crippen molar-refractivity contribution in [3.63, 3.8) is 0 Å². The van der Waals surface area contributed by atoms with Crippen LogP contribution in [-0.2, 0) is 0 Å². The van der Waals surface area contributed by atoms with E-state index in [2.05, 4.69) is 39.6 Å². The molecule has 0 N–H and O–H groups in total. The van der Waals surface area contributed by atoms with Crippen LogP contribution in [0.15, 0.2) is 30.6 Å². The Morgan fingerprint density at radius 3 is 3.25 bits per heavy atom. The summed E-state index contributed by atoms with van der Waals surface area (Å²) in [5.74, 6) is 0.749. The summed E-state index contributed by atoms with van der Waals surface area (Å²) in [6, 6.07) is 2.46. The van der Waals surface area contributed by atoms with Crippen molar-refractivity contribution in [1.82, 2.24) is 9.78 Å². The Balaban J connectivity index is 1.87. The largest absolute Gasteiger partial charge is 0.266 e. The Labute approximate surface area is 96.1 Å². The zero-order chi connectivity index (χ0) is 11.0. The van der Waals surface area contributed by atoms with Gasteiger partial charge in [0.1, 0.15) is 13.1 Å². The molecular formula is C13H18N3+. The maximum absolute atomic E-state index is 4.34. The monoisotopic (exact) mass is 216 g/mol. The van der Waals surface area contributed by atoms with E-state index in [1.807, 2.05) is 12.3 Å². The van der Waals surface area contributed by atoms with Crippen LogP contribution >= 0.6 is 0 Å². The summed E-state index contributed by atoms with van der Waals surface area (Å²) < 4.78 is 4.57. The Morgan fingerprint density at radius 1 is 1.56 bits per heavy atom. The Morgan fingerprint density at radius 2 is 2.50 bits per heavy atom. The van der Waals surface area contributed by atoms with Crippen molar-refractivity contribution in [2.75, 3.05) is 13.1 Å². The third-order valence-electron chi connectivity index (χ3n) is 3.79. The summed E-state index contributed by atoms with van der Waals surface area (Å²) >= 11 is 0. The van der Waals surface area contributed by atoms with Gasteiger partial charge in [0.05, 0.1) is 12.0 Å². The SMILES string of the molecule is CC[N+]1=C2C=C[C@@H](n3cccn3)C[C@H]2CC1. The first-order chi connectivity index (χ1) is 7.88. The van der Waals surface area contributed by atoms with Gasteiger partial charge in [-0.05, 0) is 19.4 Å². The molecule has 1 aliphatic heterocycles. The third kappa shape index (κ3) is 1.51. The molecule has 0 bridgehead atoms. The standard InChI is InChI=1S/C13H18N3/c1-2-15-9-6-11-10-12(4-5-13(11)15)16-8-3-7-14-16/h3-5,7-8,11-12H,2,6,9-10H2,1H3/q+1/t11-,12-/m1/s1. The third-order valence-corrected chi connectivity index (χ3v) is 3.79. The van der Waals surface area contributed by atoms with Crippen LogP contribution in [0.4, 0.5) is 0 Å². The van der Waals surface area contributed by atoms with Gasteiger partial charge in [0.2, 0.25) is 0 Å². The summed E-state index contributed by atoms with van der Waals surface area (Å²) in [5, 5.41) is 4.34. The van der Waals surface area contributed by atoms with Gasteiger partial charge in [-0.25, -0.2) is 4.58 Å². The molecule has 0 spiro atoms. The molecule has 0 unspecified atom stereocenters. The first-order valence-electron chi connectivity index (χ1n) is 6.17. The minimum absolute atomic E-state index is 0.459. The highest BCUT2D eigenvalue weighted by molar-refractivity contribution is 5.94. The van der Waals surface area contributed by atoms with Crippen LogP contribution in [0.5, 0.6) is 0 Å². The van der Waals surface area contributed by atoms with Gasteiger partial charge in [-0.2, -0.15) is 5.10 Å². The number of rotatable bonds is 2. The van der Waals surface area contributed by atoms with Crippen LogP contribution in [0.1, 0.15) is 25.8 Å². The molecule has 0 radical (unpaired) electrons. The van der Waals surface area contributed by atoms with Crippen LogP contribution in [0.2, 0.25) is 0 Å². The lowest BCUT2D eigenvalue weighted by Gasteiger charge is -2.20. The van der Waals surface area contributed by atoms with E-state index in [4.69, 9.17) is 0 Å². The van der Waals surface area contributed by atoms with Gasteiger partial charge in [0.25, 0.3) is 0 Å². The van der Waals surface area contributed by atoms with Crippen molar-refractivity contribution in [3.05, 3.63) is 30.6 Å². The zero-order valence-electron chi connectivity index (χ0n) is 9.71. The van der Waals surface area contributed by atoms with E-state index in [0.717, 1.165) is 12.5 Å². The summed E-state index contributed by atoms with van der Waals surface area (Å²) in [5.41, 5.74) is 1.55. The number of nitrogens with zero attached hydrogens (tertiary/aromatic N) is 3. The number of hydrogen-bond donors (Lipinski definition) is 0. The second-order valence-electron chi connectivity index (χ2n) is 4.64. The highest BCUT2D eigenvalue weighted by atomic mass is 15.3. The molecule has 3 heteroatoms. The first kappa shape index (κ1) is 9.82. The predicted molar refractivity (Wildman–Crippen MR) is 63.8 cm³/mol. The molecule has 0 saturated heterocycles. The van der Waals surface area contributed by atoms with E-state index in [0.29, 0.717) is 6.04 Å². The van der Waals surface area contributed by atoms with Gasteiger partial charge in [-0.3, -0.25) is 4.68 Å². The van der Waals surface area contributed by atoms with Crippen molar-refractivity contribution >= 4 is 5.71 Å². The molecule has 3 nitrogen and oxygen atoms in total. The Hall–Kier alpha value is -1.38. The normalized spacial score (nSPS) is 28.6. The molecule has 2 heterocycles. The second kappa shape index (κ2) is 3.89. The smallest absolute Gasteiger partial charge is 0.179 e. The Bertz CT molecular complexity index is 428.